The highest BCUT2D eigenvalue weighted by Crippen LogP contribution is 2.22. The molecular weight excluding hydrogens is 214 g/mol. The van der Waals surface area contributed by atoms with Crippen LogP contribution >= 0.6 is 0 Å². The van der Waals surface area contributed by atoms with E-state index < -0.39 is 0 Å². The second-order valence-corrected chi connectivity index (χ2v) is 4.45. The van der Waals surface area contributed by atoms with Gasteiger partial charge >= 0.3 is 0 Å². The Labute approximate surface area is 100 Å². The van der Waals surface area contributed by atoms with Crippen LogP contribution in [0.1, 0.15) is 18.5 Å². The number of imidazole rings is 1. The third-order valence-electron chi connectivity index (χ3n) is 3.21. The molecule has 2 aromatic rings. The molecule has 3 heterocycles. The zero-order valence-electron chi connectivity index (χ0n) is 9.84. The molecule has 0 amide bonds. The number of aromatic nitrogens is 3. The predicted molar refractivity (Wildman–Crippen MR) is 67.2 cm³/mol. The Morgan fingerprint density at radius 1 is 1.29 bits per heavy atom. The first-order chi connectivity index (χ1) is 8.38. The summed E-state index contributed by atoms with van der Waals surface area (Å²) in [4.78, 5) is 11.4. The highest BCUT2D eigenvalue weighted by Gasteiger charge is 2.17. The van der Waals surface area contributed by atoms with Crippen LogP contribution < -0.4 is 10.6 Å². The van der Waals surface area contributed by atoms with E-state index in [1.807, 2.05) is 23.0 Å². The van der Waals surface area contributed by atoms with E-state index in [0.29, 0.717) is 6.54 Å². The van der Waals surface area contributed by atoms with E-state index in [4.69, 9.17) is 5.73 Å². The molecule has 0 saturated carbocycles. The summed E-state index contributed by atoms with van der Waals surface area (Å²) in [7, 11) is 0. The Kier molecular flexibility index (Phi) is 2.68. The average molecular weight is 231 g/mol. The number of hydrogen-bond acceptors (Lipinski definition) is 4. The number of anilines is 1. The van der Waals surface area contributed by atoms with E-state index in [-0.39, 0.29) is 0 Å². The van der Waals surface area contributed by atoms with Crippen LogP contribution in [0, 0.1) is 0 Å². The summed E-state index contributed by atoms with van der Waals surface area (Å²) in [5.74, 6) is 1.01. The smallest absolute Gasteiger partial charge is 0.180 e. The van der Waals surface area contributed by atoms with Crippen LogP contribution in [-0.4, -0.2) is 34.0 Å². The summed E-state index contributed by atoms with van der Waals surface area (Å²) in [6.07, 6.45) is 9.15. The van der Waals surface area contributed by atoms with Gasteiger partial charge < -0.3 is 15.0 Å². The monoisotopic (exact) mass is 231 g/mol. The van der Waals surface area contributed by atoms with Gasteiger partial charge in [0, 0.05) is 38.1 Å². The number of nitrogens with zero attached hydrogens (tertiary/aromatic N) is 4. The number of hydrogen-bond donors (Lipinski definition) is 1. The fourth-order valence-corrected chi connectivity index (χ4v) is 2.38. The number of fused-ring (bicyclic) bond motifs is 1. The Hall–Kier alpha value is -1.62. The maximum atomic E-state index is 5.57. The summed E-state index contributed by atoms with van der Waals surface area (Å²) in [5, 5.41) is 0. The van der Waals surface area contributed by atoms with Crippen molar-refractivity contribution in [3.8, 4) is 0 Å². The van der Waals surface area contributed by atoms with Crippen LogP contribution in [0.2, 0.25) is 0 Å². The molecule has 1 aliphatic rings. The molecule has 0 spiro atoms. The van der Waals surface area contributed by atoms with Gasteiger partial charge in [-0.1, -0.05) is 0 Å². The summed E-state index contributed by atoms with van der Waals surface area (Å²) in [6, 6.07) is 0. The Morgan fingerprint density at radius 3 is 2.88 bits per heavy atom. The molecule has 0 bridgehead atoms. The van der Waals surface area contributed by atoms with Crippen LogP contribution in [0.4, 0.5) is 5.82 Å². The van der Waals surface area contributed by atoms with Crippen molar-refractivity contribution in [2.45, 2.75) is 19.3 Å². The number of rotatable bonds is 3. The molecule has 17 heavy (non-hydrogen) atoms. The van der Waals surface area contributed by atoms with Crippen LogP contribution in [0.3, 0.4) is 0 Å². The second-order valence-electron chi connectivity index (χ2n) is 4.45. The summed E-state index contributed by atoms with van der Waals surface area (Å²) < 4.78 is 2.05. The van der Waals surface area contributed by atoms with E-state index >= 15 is 0 Å². The van der Waals surface area contributed by atoms with E-state index in [2.05, 4.69) is 14.9 Å². The van der Waals surface area contributed by atoms with Crippen LogP contribution in [0.15, 0.2) is 18.6 Å². The van der Waals surface area contributed by atoms with Crippen LogP contribution in [0.5, 0.6) is 0 Å². The highest BCUT2D eigenvalue weighted by molar-refractivity contribution is 5.64. The van der Waals surface area contributed by atoms with Gasteiger partial charge in [0.15, 0.2) is 11.5 Å². The maximum Gasteiger partial charge on any atom is 0.180 e. The van der Waals surface area contributed by atoms with E-state index in [1.54, 1.807) is 0 Å². The molecule has 0 atom stereocenters. The van der Waals surface area contributed by atoms with Crippen molar-refractivity contribution >= 4 is 11.5 Å². The first-order valence-electron chi connectivity index (χ1n) is 6.16. The fraction of sp³-hybridized carbons (Fsp3) is 0.500. The fourth-order valence-electron chi connectivity index (χ4n) is 2.38. The molecule has 5 nitrogen and oxygen atoms in total. The minimum atomic E-state index is 0.635. The minimum Gasteiger partial charge on any atom is -0.354 e. The van der Waals surface area contributed by atoms with Crippen molar-refractivity contribution in [2.75, 3.05) is 24.5 Å². The second kappa shape index (κ2) is 4.33. The largest absolute Gasteiger partial charge is 0.354 e. The van der Waals surface area contributed by atoms with Crippen molar-refractivity contribution in [3.05, 3.63) is 24.3 Å². The lowest BCUT2D eigenvalue weighted by Crippen LogP contribution is -2.19. The molecular formula is C12H17N5. The highest BCUT2D eigenvalue weighted by atomic mass is 15.2. The first-order valence-corrected chi connectivity index (χ1v) is 6.16. The van der Waals surface area contributed by atoms with Gasteiger partial charge in [-0.25, -0.2) is 9.97 Å². The first kappa shape index (κ1) is 10.5. The van der Waals surface area contributed by atoms with Gasteiger partial charge in [-0.05, 0) is 19.4 Å². The van der Waals surface area contributed by atoms with Gasteiger partial charge in [0.1, 0.15) is 0 Å². The lowest BCUT2D eigenvalue weighted by atomic mass is 10.3. The SMILES string of the molecule is NCCc1cn2ccnc(N3CCCC3)c2n1. The van der Waals surface area contributed by atoms with Crippen LogP contribution in [-0.2, 0) is 6.42 Å². The maximum absolute atomic E-state index is 5.57. The lowest BCUT2D eigenvalue weighted by Gasteiger charge is -2.16. The molecule has 0 aromatic carbocycles. The molecule has 1 fully saturated rings. The molecule has 3 rings (SSSR count). The number of nitrogens with two attached hydrogens (primary N) is 1. The topological polar surface area (TPSA) is 59.5 Å². The third kappa shape index (κ3) is 1.86. The van der Waals surface area contributed by atoms with Crippen molar-refractivity contribution < 1.29 is 0 Å². The molecule has 1 saturated heterocycles. The quantitative estimate of drug-likeness (QED) is 0.850. The predicted octanol–water partition coefficient (Wildman–Crippen LogP) is 0.831. The van der Waals surface area contributed by atoms with E-state index in [0.717, 1.165) is 36.7 Å². The molecule has 90 valence electrons. The van der Waals surface area contributed by atoms with Gasteiger partial charge in [0.05, 0.1) is 5.69 Å². The van der Waals surface area contributed by atoms with Crippen LogP contribution in [0.25, 0.3) is 5.65 Å². The summed E-state index contributed by atoms with van der Waals surface area (Å²) in [5.41, 5.74) is 7.57. The molecule has 2 aromatic heterocycles. The lowest BCUT2D eigenvalue weighted by molar-refractivity contribution is 0.925. The van der Waals surface area contributed by atoms with Crippen molar-refractivity contribution in [2.24, 2.45) is 5.73 Å². The Bertz CT molecular complexity index is 513. The summed E-state index contributed by atoms with van der Waals surface area (Å²) in [6.45, 7) is 2.81. The molecule has 0 aliphatic carbocycles. The molecule has 0 radical (unpaired) electrons. The van der Waals surface area contributed by atoms with Crippen molar-refractivity contribution in [1.82, 2.24) is 14.4 Å². The van der Waals surface area contributed by atoms with Crippen molar-refractivity contribution in [1.29, 1.82) is 0 Å². The Morgan fingerprint density at radius 2 is 2.12 bits per heavy atom. The van der Waals surface area contributed by atoms with Crippen molar-refractivity contribution in [3.63, 3.8) is 0 Å². The van der Waals surface area contributed by atoms with Gasteiger partial charge in [-0.15, -0.1) is 0 Å². The summed E-state index contributed by atoms with van der Waals surface area (Å²) >= 11 is 0. The van der Waals surface area contributed by atoms with Gasteiger partial charge in [0.25, 0.3) is 0 Å². The van der Waals surface area contributed by atoms with Gasteiger partial charge in [-0.2, -0.15) is 0 Å². The zero-order valence-corrected chi connectivity index (χ0v) is 9.84. The van der Waals surface area contributed by atoms with E-state index in [9.17, 15) is 0 Å². The third-order valence-corrected chi connectivity index (χ3v) is 3.21. The molecule has 1 aliphatic heterocycles. The molecule has 0 unspecified atom stereocenters. The van der Waals surface area contributed by atoms with Gasteiger partial charge in [-0.3, -0.25) is 0 Å². The van der Waals surface area contributed by atoms with E-state index in [1.165, 1.54) is 12.8 Å². The average Bonchev–Trinajstić information content (AvgIpc) is 2.97. The van der Waals surface area contributed by atoms with Gasteiger partial charge in [0.2, 0.25) is 0 Å². The normalized spacial score (nSPS) is 15.9. The molecule has 5 heteroatoms. The minimum absolute atomic E-state index is 0.635. The Balaban J connectivity index is 2.04. The standard InChI is InChI=1S/C12H17N5/c13-4-3-10-9-17-8-5-14-11(12(17)15-10)16-6-1-2-7-16/h5,8-9H,1-4,6-7,13H2. The molecule has 2 N–H and O–H groups in total. The zero-order chi connectivity index (χ0) is 11.7.